The average Bonchev–Trinajstić information content (AvgIpc) is 2.55. The van der Waals surface area contributed by atoms with Crippen molar-refractivity contribution in [2.75, 3.05) is 13.2 Å². The lowest BCUT2D eigenvalue weighted by Crippen LogP contribution is -2.50. The molecule has 0 spiro atoms. The van der Waals surface area contributed by atoms with Crippen LogP contribution in [0.5, 0.6) is 0 Å². The van der Waals surface area contributed by atoms with E-state index in [9.17, 15) is 9.59 Å². The van der Waals surface area contributed by atoms with Crippen LogP contribution in [0.4, 0.5) is 0 Å². The van der Waals surface area contributed by atoms with E-state index in [1.807, 2.05) is 0 Å². The van der Waals surface area contributed by atoms with Gasteiger partial charge in [-0.05, 0) is 36.3 Å². The van der Waals surface area contributed by atoms with E-state index in [1.165, 1.54) is 5.56 Å². The second-order valence-electron chi connectivity index (χ2n) is 6.01. The first-order chi connectivity index (χ1) is 10.7. The Morgan fingerprint density at radius 2 is 1.82 bits per heavy atom. The fraction of sp³-hybridized carbons (Fsp3) is 0.529. The van der Waals surface area contributed by atoms with Crippen molar-refractivity contribution in [1.82, 2.24) is 10.6 Å². The molecule has 2 saturated heterocycles. The molecule has 5 heteroatoms. The van der Waals surface area contributed by atoms with Crippen molar-refractivity contribution in [1.29, 1.82) is 0 Å². The molecule has 2 N–H and O–H groups in total. The molecule has 1 aromatic rings. The van der Waals surface area contributed by atoms with Crippen molar-refractivity contribution >= 4 is 11.8 Å². The van der Waals surface area contributed by atoms with E-state index in [2.05, 4.69) is 34.9 Å². The van der Waals surface area contributed by atoms with Crippen molar-refractivity contribution in [2.24, 2.45) is 0 Å². The van der Waals surface area contributed by atoms with Crippen LogP contribution in [0, 0.1) is 0 Å². The number of hydrogen-bond acceptors (Lipinski definition) is 4. The molecule has 0 saturated carbocycles. The molecule has 118 valence electrons. The minimum atomic E-state index is -0.270. The zero-order chi connectivity index (χ0) is 15.4. The Morgan fingerprint density at radius 1 is 1.09 bits per heavy atom. The third-order valence-corrected chi connectivity index (χ3v) is 4.46. The lowest BCUT2D eigenvalue weighted by Gasteiger charge is -2.23. The van der Waals surface area contributed by atoms with Crippen LogP contribution in [0.1, 0.15) is 42.7 Å². The molecule has 2 heterocycles. The first-order valence-corrected chi connectivity index (χ1v) is 7.96. The predicted octanol–water partition coefficient (Wildman–Crippen LogP) is 1.48. The molecular formula is C17H22N2O3. The number of ether oxygens (including phenoxy) is 1. The summed E-state index contributed by atoms with van der Waals surface area (Å²) in [5, 5.41) is 5.59. The van der Waals surface area contributed by atoms with Crippen molar-refractivity contribution < 1.29 is 14.3 Å². The van der Waals surface area contributed by atoms with Gasteiger partial charge in [-0.3, -0.25) is 14.9 Å². The highest BCUT2D eigenvalue weighted by Crippen LogP contribution is 2.26. The third-order valence-electron chi connectivity index (χ3n) is 4.46. The summed E-state index contributed by atoms with van der Waals surface area (Å²) in [6, 6.07) is 8.32. The van der Waals surface area contributed by atoms with E-state index in [0.29, 0.717) is 25.3 Å². The molecule has 0 aliphatic carbocycles. The van der Waals surface area contributed by atoms with Crippen LogP contribution < -0.4 is 10.6 Å². The van der Waals surface area contributed by atoms with Gasteiger partial charge >= 0.3 is 0 Å². The molecule has 2 aliphatic rings. The summed E-state index contributed by atoms with van der Waals surface area (Å²) in [5.74, 6) is 0.213. The Labute approximate surface area is 130 Å². The van der Waals surface area contributed by atoms with Gasteiger partial charge in [-0.15, -0.1) is 0 Å². The molecule has 2 aliphatic heterocycles. The zero-order valence-electron chi connectivity index (χ0n) is 12.6. The highest BCUT2D eigenvalue weighted by molar-refractivity contribution is 6.00. The fourth-order valence-corrected chi connectivity index (χ4v) is 3.07. The van der Waals surface area contributed by atoms with E-state index in [-0.39, 0.29) is 17.9 Å². The number of piperidine rings is 1. The van der Waals surface area contributed by atoms with Gasteiger partial charge in [0.05, 0.1) is 6.04 Å². The summed E-state index contributed by atoms with van der Waals surface area (Å²) in [6.45, 7) is 2.34. The maximum atomic E-state index is 11.7. The second kappa shape index (κ2) is 7.03. The van der Waals surface area contributed by atoms with E-state index in [4.69, 9.17) is 4.74 Å². The molecular weight excluding hydrogens is 280 g/mol. The topological polar surface area (TPSA) is 67.4 Å². The fourth-order valence-electron chi connectivity index (χ4n) is 3.07. The maximum absolute atomic E-state index is 11.7. The molecule has 0 aromatic heterocycles. The van der Waals surface area contributed by atoms with Crippen LogP contribution in [-0.4, -0.2) is 31.1 Å². The van der Waals surface area contributed by atoms with Crippen LogP contribution in [-0.2, 0) is 20.9 Å². The summed E-state index contributed by atoms with van der Waals surface area (Å²) in [7, 11) is 0. The number of hydrogen-bond donors (Lipinski definition) is 2. The summed E-state index contributed by atoms with van der Waals surface area (Å²) < 4.78 is 5.40. The minimum absolute atomic E-state index is 0.177. The van der Waals surface area contributed by atoms with Gasteiger partial charge in [-0.2, -0.15) is 0 Å². The van der Waals surface area contributed by atoms with Crippen LogP contribution in [0.15, 0.2) is 24.3 Å². The monoisotopic (exact) mass is 302 g/mol. The van der Waals surface area contributed by atoms with Gasteiger partial charge in [-0.1, -0.05) is 24.3 Å². The second-order valence-corrected chi connectivity index (χ2v) is 6.01. The van der Waals surface area contributed by atoms with Crippen LogP contribution >= 0.6 is 0 Å². The highest BCUT2D eigenvalue weighted by atomic mass is 16.5. The van der Waals surface area contributed by atoms with Gasteiger partial charge in [0.25, 0.3) is 0 Å². The van der Waals surface area contributed by atoms with Crippen molar-refractivity contribution in [3.8, 4) is 0 Å². The van der Waals surface area contributed by atoms with Gasteiger partial charge in [-0.25, -0.2) is 0 Å². The van der Waals surface area contributed by atoms with Gasteiger partial charge < -0.3 is 10.1 Å². The molecule has 1 atom stereocenters. The number of nitrogens with one attached hydrogen (secondary N) is 2. The molecule has 3 rings (SSSR count). The Balaban J connectivity index is 1.52. The molecule has 2 fully saturated rings. The molecule has 1 unspecified atom stereocenters. The Bertz CT molecular complexity index is 535. The van der Waals surface area contributed by atoms with Crippen molar-refractivity contribution in [2.45, 2.75) is 44.2 Å². The molecule has 22 heavy (non-hydrogen) atoms. The first-order valence-electron chi connectivity index (χ1n) is 7.96. The number of imide groups is 1. The Hall–Kier alpha value is -1.72. The number of carbonyl (C=O) groups excluding carboxylic acids is 2. The quantitative estimate of drug-likeness (QED) is 0.827. The van der Waals surface area contributed by atoms with E-state index in [0.717, 1.165) is 31.6 Å². The first kappa shape index (κ1) is 15.2. The maximum Gasteiger partial charge on any atom is 0.243 e. The summed E-state index contributed by atoms with van der Waals surface area (Å²) in [6.07, 6.45) is 3.17. The van der Waals surface area contributed by atoms with Crippen molar-refractivity contribution in [3.63, 3.8) is 0 Å². The summed E-state index contributed by atoms with van der Waals surface area (Å²) in [4.78, 5) is 22.8. The number of benzene rings is 1. The van der Waals surface area contributed by atoms with Crippen molar-refractivity contribution in [3.05, 3.63) is 35.4 Å². The van der Waals surface area contributed by atoms with Crippen LogP contribution in [0.3, 0.4) is 0 Å². The molecule has 0 bridgehead atoms. The predicted molar refractivity (Wildman–Crippen MR) is 82.2 cm³/mol. The van der Waals surface area contributed by atoms with Crippen LogP contribution in [0.2, 0.25) is 0 Å². The molecule has 0 radical (unpaired) electrons. The van der Waals surface area contributed by atoms with E-state index >= 15 is 0 Å². The number of rotatable bonds is 4. The van der Waals surface area contributed by atoms with Crippen LogP contribution in [0.25, 0.3) is 0 Å². The smallest absolute Gasteiger partial charge is 0.243 e. The minimum Gasteiger partial charge on any atom is -0.381 e. The SMILES string of the molecule is O=C1CCC(NCc2ccc(C3CCOCC3)cc2)C(=O)N1. The standard InChI is InChI=1S/C17H22N2O3/c20-16-6-5-15(17(21)19-16)18-11-12-1-3-13(4-2-12)14-7-9-22-10-8-14/h1-4,14-15,18H,5-11H2,(H,19,20,21). The van der Waals surface area contributed by atoms with E-state index in [1.54, 1.807) is 0 Å². The molecule has 1 aromatic carbocycles. The lowest BCUT2D eigenvalue weighted by molar-refractivity contribution is -0.134. The van der Waals surface area contributed by atoms with Gasteiger partial charge in [0.15, 0.2) is 0 Å². The summed E-state index contributed by atoms with van der Waals surface area (Å²) in [5.41, 5.74) is 2.52. The third kappa shape index (κ3) is 3.72. The molecule has 5 nitrogen and oxygen atoms in total. The van der Waals surface area contributed by atoms with Gasteiger partial charge in [0.1, 0.15) is 0 Å². The average molecular weight is 302 g/mol. The Morgan fingerprint density at radius 3 is 2.50 bits per heavy atom. The largest absolute Gasteiger partial charge is 0.381 e. The normalized spacial score (nSPS) is 23.4. The number of amides is 2. The lowest BCUT2D eigenvalue weighted by atomic mass is 9.91. The van der Waals surface area contributed by atoms with E-state index < -0.39 is 0 Å². The molecule has 2 amide bonds. The van der Waals surface area contributed by atoms with Gasteiger partial charge in [0, 0.05) is 26.2 Å². The highest BCUT2D eigenvalue weighted by Gasteiger charge is 2.25. The number of carbonyl (C=O) groups is 2. The van der Waals surface area contributed by atoms with Gasteiger partial charge in [0.2, 0.25) is 11.8 Å². The Kier molecular flexibility index (Phi) is 4.85. The zero-order valence-corrected chi connectivity index (χ0v) is 12.6. The summed E-state index contributed by atoms with van der Waals surface area (Å²) >= 11 is 0.